The first-order chi connectivity index (χ1) is 7.47. The topological polar surface area (TPSA) is 34.2 Å². The molecule has 1 atom stereocenters. The molecule has 0 spiro atoms. The van der Waals surface area contributed by atoms with E-state index in [9.17, 15) is 0 Å². The maximum Gasteiger partial charge on any atom is 0.213 e. The zero-order valence-corrected chi connectivity index (χ0v) is 10.9. The minimum Gasteiger partial charge on any atom is -0.481 e. The lowest BCUT2D eigenvalue weighted by Gasteiger charge is -2.30. The first kappa shape index (κ1) is 13.0. The van der Waals surface area contributed by atoms with E-state index in [-0.39, 0.29) is 5.41 Å². The van der Waals surface area contributed by atoms with Crippen LogP contribution in [0.25, 0.3) is 0 Å². The highest BCUT2D eigenvalue weighted by Crippen LogP contribution is 2.23. The molecule has 1 N–H and O–H groups in total. The molecule has 16 heavy (non-hydrogen) atoms. The fourth-order valence-corrected chi connectivity index (χ4v) is 1.77. The van der Waals surface area contributed by atoms with Crippen LogP contribution in [0.3, 0.4) is 0 Å². The molecule has 1 aromatic rings. The van der Waals surface area contributed by atoms with Crippen LogP contribution in [0.4, 0.5) is 0 Å². The summed E-state index contributed by atoms with van der Waals surface area (Å²) < 4.78 is 5.12. The van der Waals surface area contributed by atoms with Gasteiger partial charge in [0.25, 0.3) is 0 Å². The number of rotatable bonds is 4. The molecule has 0 bridgehead atoms. The lowest BCUT2D eigenvalue weighted by Crippen LogP contribution is -2.39. The van der Waals surface area contributed by atoms with Crippen LogP contribution >= 0.6 is 0 Å². The summed E-state index contributed by atoms with van der Waals surface area (Å²) >= 11 is 0. The normalized spacial score (nSPS) is 13.6. The second-order valence-corrected chi connectivity index (χ2v) is 5.12. The second kappa shape index (κ2) is 5.30. The molecule has 0 aromatic carbocycles. The van der Waals surface area contributed by atoms with Gasteiger partial charge < -0.3 is 10.1 Å². The van der Waals surface area contributed by atoms with Gasteiger partial charge in [0.05, 0.1) is 7.11 Å². The molecule has 1 heterocycles. The molecule has 1 rings (SSSR count). The first-order valence-electron chi connectivity index (χ1n) is 5.63. The Hall–Kier alpha value is -1.09. The van der Waals surface area contributed by atoms with Crippen molar-refractivity contribution >= 4 is 0 Å². The third kappa shape index (κ3) is 3.49. The Kier molecular flexibility index (Phi) is 4.30. The number of nitrogens with one attached hydrogen (secondary N) is 1. The van der Waals surface area contributed by atoms with E-state index >= 15 is 0 Å². The van der Waals surface area contributed by atoms with Crippen LogP contribution in [0.2, 0.25) is 0 Å². The van der Waals surface area contributed by atoms with Crippen LogP contribution in [-0.4, -0.2) is 25.2 Å². The van der Waals surface area contributed by atoms with Gasteiger partial charge in [-0.25, -0.2) is 4.98 Å². The first-order valence-corrected chi connectivity index (χ1v) is 5.63. The second-order valence-electron chi connectivity index (χ2n) is 5.12. The molecule has 0 saturated heterocycles. The fraction of sp³-hybridized carbons (Fsp3) is 0.615. The molecule has 90 valence electrons. The van der Waals surface area contributed by atoms with E-state index in [0.717, 1.165) is 6.42 Å². The van der Waals surface area contributed by atoms with Gasteiger partial charge in [0.1, 0.15) is 0 Å². The van der Waals surface area contributed by atoms with Gasteiger partial charge in [-0.15, -0.1) is 0 Å². The van der Waals surface area contributed by atoms with E-state index in [1.54, 1.807) is 13.3 Å². The van der Waals surface area contributed by atoms with Gasteiger partial charge >= 0.3 is 0 Å². The summed E-state index contributed by atoms with van der Waals surface area (Å²) in [6, 6.07) is 4.48. The Bertz CT molecular complexity index is 331. The predicted octanol–water partition coefficient (Wildman–Crippen LogP) is 2.27. The van der Waals surface area contributed by atoms with E-state index in [2.05, 4.69) is 31.1 Å². The monoisotopic (exact) mass is 222 g/mol. The van der Waals surface area contributed by atoms with Crippen LogP contribution < -0.4 is 10.1 Å². The summed E-state index contributed by atoms with van der Waals surface area (Å²) in [5.41, 5.74) is 1.49. The molecule has 0 radical (unpaired) electrons. The molecule has 1 unspecified atom stereocenters. The van der Waals surface area contributed by atoms with Gasteiger partial charge in [-0.1, -0.05) is 20.8 Å². The molecule has 3 heteroatoms. The molecular weight excluding hydrogens is 200 g/mol. The average molecular weight is 222 g/mol. The van der Waals surface area contributed by atoms with Gasteiger partial charge in [-0.05, 0) is 30.5 Å². The van der Waals surface area contributed by atoms with Crippen molar-refractivity contribution in [2.45, 2.75) is 33.2 Å². The Morgan fingerprint density at radius 2 is 2.12 bits per heavy atom. The Labute approximate surface area is 98.2 Å². The SMILES string of the molecule is CNC(Cc1ccnc(OC)c1)C(C)(C)C. The maximum absolute atomic E-state index is 5.12. The van der Waals surface area contributed by atoms with Crippen LogP contribution in [0.1, 0.15) is 26.3 Å². The third-order valence-corrected chi connectivity index (χ3v) is 2.84. The van der Waals surface area contributed by atoms with Crippen molar-refractivity contribution in [1.29, 1.82) is 0 Å². The molecule has 0 aliphatic heterocycles. The van der Waals surface area contributed by atoms with E-state index in [1.165, 1.54) is 5.56 Å². The molecule has 0 aliphatic rings. The van der Waals surface area contributed by atoms with Crippen LogP contribution in [0, 0.1) is 5.41 Å². The van der Waals surface area contributed by atoms with Gasteiger partial charge in [0, 0.05) is 18.3 Å². The highest BCUT2D eigenvalue weighted by atomic mass is 16.5. The van der Waals surface area contributed by atoms with Crippen LogP contribution in [0.5, 0.6) is 5.88 Å². The Morgan fingerprint density at radius 1 is 1.44 bits per heavy atom. The van der Waals surface area contributed by atoms with Crippen molar-refractivity contribution < 1.29 is 4.74 Å². The Balaban J connectivity index is 2.78. The van der Waals surface area contributed by atoms with Gasteiger partial charge in [0.2, 0.25) is 5.88 Å². The zero-order valence-electron chi connectivity index (χ0n) is 10.9. The predicted molar refractivity (Wildman–Crippen MR) is 66.8 cm³/mol. The molecule has 0 fully saturated rings. The van der Waals surface area contributed by atoms with E-state index in [0.29, 0.717) is 11.9 Å². The van der Waals surface area contributed by atoms with Crippen LogP contribution in [-0.2, 0) is 6.42 Å². The van der Waals surface area contributed by atoms with Crippen molar-refractivity contribution in [1.82, 2.24) is 10.3 Å². The Morgan fingerprint density at radius 3 is 2.62 bits per heavy atom. The summed E-state index contributed by atoms with van der Waals surface area (Å²) in [5.74, 6) is 0.682. The summed E-state index contributed by atoms with van der Waals surface area (Å²) in [7, 11) is 3.65. The van der Waals surface area contributed by atoms with Gasteiger partial charge in [0.15, 0.2) is 0 Å². The number of hydrogen-bond acceptors (Lipinski definition) is 3. The van der Waals surface area contributed by atoms with Crippen molar-refractivity contribution in [2.24, 2.45) is 5.41 Å². The lowest BCUT2D eigenvalue weighted by molar-refractivity contribution is 0.279. The quantitative estimate of drug-likeness (QED) is 0.848. The van der Waals surface area contributed by atoms with Crippen molar-refractivity contribution in [3.05, 3.63) is 23.9 Å². The van der Waals surface area contributed by atoms with Crippen molar-refractivity contribution in [2.75, 3.05) is 14.2 Å². The van der Waals surface area contributed by atoms with Crippen LogP contribution in [0.15, 0.2) is 18.3 Å². The zero-order chi connectivity index (χ0) is 12.2. The molecule has 1 aromatic heterocycles. The number of likely N-dealkylation sites (N-methyl/N-ethyl adjacent to an activating group) is 1. The fourth-order valence-electron chi connectivity index (χ4n) is 1.77. The van der Waals surface area contributed by atoms with E-state index in [1.807, 2.05) is 19.2 Å². The molecular formula is C13H22N2O. The molecule has 0 saturated carbocycles. The molecule has 0 amide bonds. The van der Waals surface area contributed by atoms with E-state index < -0.39 is 0 Å². The van der Waals surface area contributed by atoms with Gasteiger partial charge in [-0.2, -0.15) is 0 Å². The summed E-state index contributed by atoms with van der Waals surface area (Å²) in [6.07, 6.45) is 2.78. The standard InChI is InChI=1S/C13H22N2O/c1-13(2,3)11(14-4)8-10-6-7-15-12(9-10)16-5/h6-7,9,11,14H,8H2,1-5H3. The van der Waals surface area contributed by atoms with Crippen molar-refractivity contribution in [3.8, 4) is 5.88 Å². The summed E-state index contributed by atoms with van der Waals surface area (Å²) in [5, 5.41) is 3.37. The minimum atomic E-state index is 0.241. The third-order valence-electron chi connectivity index (χ3n) is 2.84. The number of ether oxygens (including phenoxy) is 1. The molecule has 0 aliphatic carbocycles. The van der Waals surface area contributed by atoms with Crippen molar-refractivity contribution in [3.63, 3.8) is 0 Å². The number of pyridine rings is 1. The average Bonchev–Trinajstić information content (AvgIpc) is 2.24. The number of methoxy groups -OCH3 is 1. The highest BCUT2D eigenvalue weighted by molar-refractivity contribution is 5.21. The summed E-state index contributed by atoms with van der Waals surface area (Å²) in [4.78, 5) is 4.11. The smallest absolute Gasteiger partial charge is 0.213 e. The highest BCUT2D eigenvalue weighted by Gasteiger charge is 2.23. The van der Waals surface area contributed by atoms with E-state index in [4.69, 9.17) is 4.74 Å². The number of aromatic nitrogens is 1. The molecule has 3 nitrogen and oxygen atoms in total. The maximum atomic E-state index is 5.12. The van der Waals surface area contributed by atoms with Gasteiger partial charge in [-0.3, -0.25) is 0 Å². The number of nitrogens with zero attached hydrogens (tertiary/aromatic N) is 1. The lowest BCUT2D eigenvalue weighted by atomic mass is 9.83. The minimum absolute atomic E-state index is 0.241. The number of hydrogen-bond donors (Lipinski definition) is 1. The largest absolute Gasteiger partial charge is 0.481 e. The summed E-state index contributed by atoms with van der Waals surface area (Å²) in [6.45, 7) is 6.73.